The van der Waals surface area contributed by atoms with E-state index in [2.05, 4.69) is 21.0 Å². The molecule has 0 bridgehead atoms. The Morgan fingerprint density at radius 1 is 1.08 bits per heavy atom. The van der Waals surface area contributed by atoms with Gasteiger partial charge in [-0.2, -0.15) is 5.10 Å². The molecule has 4 heterocycles. The molecule has 1 saturated heterocycles. The molecule has 9 nitrogen and oxygen atoms in total. The van der Waals surface area contributed by atoms with E-state index >= 15 is 0 Å². The first-order valence-corrected chi connectivity index (χ1v) is 12.9. The first-order valence-electron chi connectivity index (χ1n) is 12.5. The molecule has 4 aromatic rings. The number of ether oxygens (including phenoxy) is 1. The van der Waals surface area contributed by atoms with Crippen LogP contribution in [0.25, 0.3) is 11.0 Å². The fourth-order valence-electron chi connectivity index (χ4n) is 4.96. The van der Waals surface area contributed by atoms with Crippen molar-refractivity contribution in [2.24, 2.45) is 7.05 Å². The van der Waals surface area contributed by atoms with Gasteiger partial charge >= 0.3 is 0 Å². The van der Waals surface area contributed by atoms with Crippen LogP contribution in [-0.4, -0.2) is 56.7 Å². The molecule has 1 fully saturated rings. The van der Waals surface area contributed by atoms with Crippen molar-refractivity contribution in [1.29, 1.82) is 0 Å². The summed E-state index contributed by atoms with van der Waals surface area (Å²) in [5.41, 5.74) is 4.86. The maximum atomic E-state index is 13.2. The fourth-order valence-corrected chi connectivity index (χ4v) is 5.31. The van der Waals surface area contributed by atoms with Crippen molar-refractivity contribution in [3.8, 4) is 5.75 Å². The monoisotopic (exact) mass is 535 g/mol. The number of nitrogens with zero attached hydrogens (tertiary/aromatic N) is 5. The largest absolute Gasteiger partial charge is 0.482 e. The Morgan fingerprint density at radius 2 is 1.79 bits per heavy atom. The van der Waals surface area contributed by atoms with Gasteiger partial charge < -0.3 is 14.1 Å². The van der Waals surface area contributed by atoms with Crippen LogP contribution in [0.3, 0.4) is 0 Å². The maximum absolute atomic E-state index is 13.2. The zero-order valence-corrected chi connectivity index (χ0v) is 22.7. The van der Waals surface area contributed by atoms with Crippen molar-refractivity contribution in [1.82, 2.24) is 24.6 Å². The van der Waals surface area contributed by atoms with Crippen LogP contribution in [0.5, 0.6) is 5.75 Å². The lowest BCUT2D eigenvalue weighted by molar-refractivity contribution is 0.0619. The highest BCUT2D eigenvalue weighted by Gasteiger charge is 2.26. The average Bonchev–Trinajstić information content (AvgIpc) is 3.17. The standard InChI is InChI=1S/C28H30ClN5O4/c1-17-9-18(2)11-20(10-17)15-38-24-16-37-21(12-23(24)35)14-33-5-7-34(8-6-33)28(36)22-13-30-27-25(26(22)29)19(3)31-32(27)4/h9-13,16H,5-8,14-15H2,1-4H3. The average molecular weight is 536 g/mol. The van der Waals surface area contributed by atoms with Crippen LogP contribution in [0.4, 0.5) is 0 Å². The zero-order valence-electron chi connectivity index (χ0n) is 22.0. The molecule has 0 aliphatic carbocycles. The van der Waals surface area contributed by atoms with Crippen molar-refractivity contribution in [2.45, 2.75) is 33.9 Å². The number of piperazine rings is 1. The molecule has 1 amide bonds. The van der Waals surface area contributed by atoms with Crippen LogP contribution in [0.15, 0.2) is 45.9 Å². The minimum absolute atomic E-state index is 0.149. The predicted octanol–water partition coefficient (Wildman–Crippen LogP) is 4.04. The lowest BCUT2D eigenvalue weighted by atomic mass is 10.1. The van der Waals surface area contributed by atoms with E-state index in [1.54, 1.807) is 16.6 Å². The summed E-state index contributed by atoms with van der Waals surface area (Å²) in [7, 11) is 1.80. The molecule has 0 radical (unpaired) electrons. The zero-order chi connectivity index (χ0) is 27.0. The molecule has 0 saturated carbocycles. The van der Waals surface area contributed by atoms with Crippen LogP contribution in [0.2, 0.25) is 5.02 Å². The molecule has 5 rings (SSSR count). The van der Waals surface area contributed by atoms with E-state index in [1.165, 1.54) is 18.5 Å². The van der Waals surface area contributed by atoms with Crippen LogP contribution in [0, 0.1) is 20.8 Å². The van der Waals surface area contributed by atoms with E-state index in [-0.39, 0.29) is 17.1 Å². The smallest absolute Gasteiger partial charge is 0.257 e. The van der Waals surface area contributed by atoms with Crippen LogP contribution < -0.4 is 10.2 Å². The van der Waals surface area contributed by atoms with Gasteiger partial charge in [-0.3, -0.25) is 19.2 Å². The number of fused-ring (bicyclic) bond motifs is 1. The Labute approximate surface area is 225 Å². The van der Waals surface area contributed by atoms with Crippen LogP contribution in [-0.2, 0) is 20.2 Å². The quantitative estimate of drug-likeness (QED) is 0.368. The second-order valence-corrected chi connectivity index (χ2v) is 10.2. The van der Waals surface area contributed by atoms with Crippen LogP contribution >= 0.6 is 11.6 Å². The van der Waals surface area contributed by atoms with E-state index < -0.39 is 0 Å². The normalized spacial score (nSPS) is 14.3. The van der Waals surface area contributed by atoms with E-state index in [4.69, 9.17) is 20.8 Å². The first kappa shape index (κ1) is 25.9. The summed E-state index contributed by atoms with van der Waals surface area (Å²) in [6, 6.07) is 7.65. The van der Waals surface area contributed by atoms with Gasteiger partial charge in [-0.15, -0.1) is 0 Å². The highest BCUT2D eigenvalue weighted by atomic mass is 35.5. The van der Waals surface area contributed by atoms with Gasteiger partial charge in [-0.05, 0) is 26.3 Å². The number of halogens is 1. The van der Waals surface area contributed by atoms with Gasteiger partial charge in [0.15, 0.2) is 5.65 Å². The Bertz CT molecular complexity index is 1550. The Morgan fingerprint density at radius 3 is 2.47 bits per heavy atom. The molecule has 1 aromatic carbocycles. The molecular formula is C28H30ClN5O4. The third-order valence-corrected chi connectivity index (χ3v) is 7.15. The number of aromatic nitrogens is 3. The fraction of sp³-hybridized carbons (Fsp3) is 0.357. The number of carbonyl (C=O) groups is 1. The summed E-state index contributed by atoms with van der Waals surface area (Å²) in [5.74, 6) is 0.594. The lowest BCUT2D eigenvalue weighted by Gasteiger charge is -2.34. The third kappa shape index (κ3) is 5.30. The van der Waals surface area contributed by atoms with E-state index in [0.717, 1.165) is 22.4 Å². The molecule has 1 aliphatic rings. The van der Waals surface area contributed by atoms with Crippen molar-refractivity contribution < 1.29 is 13.9 Å². The molecular weight excluding hydrogens is 506 g/mol. The number of benzene rings is 1. The minimum atomic E-state index is -0.215. The number of carbonyl (C=O) groups excluding carboxylic acids is 1. The van der Waals surface area contributed by atoms with Gasteiger partial charge in [0.05, 0.1) is 28.2 Å². The lowest BCUT2D eigenvalue weighted by Crippen LogP contribution is -2.48. The number of rotatable bonds is 6. The third-order valence-electron chi connectivity index (χ3n) is 6.76. The summed E-state index contributed by atoms with van der Waals surface area (Å²) in [4.78, 5) is 34.1. The van der Waals surface area contributed by atoms with Crippen molar-refractivity contribution in [3.63, 3.8) is 0 Å². The van der Waals surface area contributed by atoms with Crippen molar-refractivity contribution >= 4 is 28.5 Å². The molecule has 198 valence electrons. The summed E-state index contributed by atoms with van der Waals surface area (Å²) >= 11 is 6.61. The first-order chi connectivity index (χ1) is 18.2. The molecule has 38 heavy (non-hydrogen) atoms. The van der Waals surface area contributed by atoms with E-state index in [9.17, 15) is 9.59 Å². The van der Waals surface area contributed by atoms with Gasteiger partial charge in [-0.1, -0.05) is 40.9 Å². The second kappa shape index (κ2) is 10.6. The summed E-state index contributed by atoms with van der Waals surface area (Å²) < 4.78 is 13.1. The highest BCUT2D eigenvalue weighted by Crippen LogP contribution is 2.29. The second-order valence-electron chi connectivity index (χ2n) is 9.82. The van der Waals surface area contributed by atoms with Gasteiger partial charge in [0, 0.05) is 45.5 Å². The van der Waals surface area contributed by atoms with Crippen molar-refractivity contribution in [2.75, 3.05) is 26.2 Å². The summed E-state index contributed by atoms with van der Waals surface area (Å²) in [6.07, 6.45) is 2.91. The predicted molar refractivity (Wildman–Crippen MR) is 145 cm³/mol. The maximum Gasteiger partial charge on any atom is 0.257 e. The SMILES string of the molecule is Cc1cc(C)cc(COc2coc(CN3CCN(C(=O)c4cnc5c(c(C)nn5C)c4Cl)CC3)cc2=O)c1. The Hall–Kier alpha value is -3.69. The van der Waals surface area contributed by atoms with Gasteiger partial charge in [0.2, 0.25) is 11.2 Å². The minimum Gasteiger partial charge on any atom is -0.482 e. The number of hydrogen-bond acceptors (Lipinski definition) is 7. The molecule has 0 unspecified atom stereocenters. The number of aryl methyl sites for hydroxylation is 4. The number of hydrogen-bond donors (Lipinski definition) is 0. The number of pyridine rings is 1. The van der Waals surface area contributed by atoms with E-state index in [0.29, 0.717) is 66.7 Å². The van der Waals surface area contributed by atoms with E-state index in [1.807, 2.05) is 32.9 Å². The van der Waals surface area contributed by atoms with Gasteiger partial charge in [0.1, 0.15) is 18.6 Å². The molecule has 0 spiro atoms. The topological polar surface area (TPSA) is 93.7 Å². The number of amides is 1. The molecule has 1 aliphatic heterocycles. The molecule has 10 heteroatoms. The summed E-state index contributed by atoms with van der Waals surface area (Å²) in [6.45, 7) is 9.02. The molecule has 3 aromatic heterocycles. The van der Waals surface area contributed by atoms with Crippen molar-refractivity contribution in [3.05, 3.63) is 85.7 Å². The molecule has 0 N–H and O–H groups in total. The van der Waals surface area contributed by atoms with Gasteiger partial charge in [0.25, 0.3) is 5.91 Å². The Balaban J connectivity index is 1.18. The molecule has 0 atom stereocenters. The summed E-state index contributed by atoms with van der Waals surface area (Å²) in [5, 5.41) is 5.44. The van der Waals surface area contributed by atoms with Crippen LogP contribution in [0.1, 0.15) is 38.5 Å². The highest BCUT2D eigenvalue weighted by molar-refractivity contribution is 6.38. The Kier molecular flexibility index (Phi) is 7.23. The van der Waals surface area contributed by atoms with Gasteiger partial charge in [-0.25, -0.2) is 4.98 Å².